The fourth-order valence-corrected chi connectivity index (χ4v) is 2.29. The number of benzene rings is 1. The molecule has 0 saturated carbocycles. The van der Waals surface area contributed by atoms with Gasteiger partial charge in [-0.25, -0.2) is 4.98 Å². The molecule has 100 valence electrons. The van der Waals surface area contributed by atoms with Crippen LogP contribution in [0.2, 0.25) is 0 Å². The lowest BCUT2D eigenvalue weighted by Gasteiger charge is -2.08. The van der Waals surface area contributed by atoms with E-state index in [4.69, 9.17) is 10.5 Å². The molecule has 0 radical (unpaired) electrons. The van der Waals surface area contributed by atoms with Crippen LogP contribution in [0, 0.1) is 0 Å². The summed E-state index contributed by atoms with van der Waals surface area (Å²) in [6.45, 7) is 2.97. The zero-order valence-corrected chi connectivity index (χ0v) is 11.6. The van der Waals surface area contributed by atoms with Crippen molar-refractivity contribution < 1.29 is 9.53 Å². The molecular weight excluding hydrogens is 260 g/mol. The number of para-hydroxylation sites is 1. The van der Waals surface area contributed by atoms with Crippen LogP contribution in [0.3, 0.4) is 0 Å². The van der Waals surface area contributed by atoms with Crippen molar-refractivity contribution in [3.8, 4) is 5.75 Å². The van der Waals surface area contributed by atoms with Gasteiger partial charge in [-0.1, -0.05) is 19.1 Å². The van der Waals surface area contributed by atoms with Gasteiger partial charge < -0.3 is 10.5 Å². The Hall–Kier alpha value is -1.72. The first-order valence-electron chi connectivity index (χ1n) is 6.17. The molecule has 2 rings (SSSR count). The van der Waals surface area contributed by atoms with Crippen LogP contribution in [0.4, 0.5) is 0 Å². The predicted octanol–water partition coefficient (Wildman–Crippen LogP) is 2.62. The van der Waals surface area contributed by atoms with Crippen molar-refractivity contribution in [2.45, 2.75) is 19.9 Å². The molecule has 0 spiro atoms. The summed E-state index contributed by atoms with van der Waals surface area (Å²) < 4.78 is 5.59. The number of thiazole rings is 1. The van der Waals surface area contributed by atoms with Crippen LogP contribution in [0.5, 0.6) is 5.75 Å². The summed E-state index contributed by atoms with van der Waals surface area (Å²) in [5.41, 5.74) is 6.48. The van der Waals surface area contributed by atoms with E-state index >= 15 is 0 Å². The molecular formula is C14H16N2O2S. The molecule has 0 aliphatic rings. The van der Waals surface area contributed by atoms with Gasteiger partial charge in [0, 0.05) is 11.9 Å². The molecule has 1 aromatic carbocycles. The highest BCUT2D eigenvalue weighted by atomic mass is 32.1. The quantitative estimate of drug-likeness (QED) is 0.824. The van der Waals surface area contributed by atoms with Gasteiger partial charge in [0.1, 0.15) is 16.5 Å². The average Bonchev–Trinajstić information content (AvgIpc) is 2.93. The number of ketones is 1. The second kappa shape index (κ2) is 6.45. The number of carbonyl (C=O) groups is 1. The van der Waals surface area contributed by atoms with E-state index in [-0.39, 0.29) is 5.78 Å². The summed E-state index contributed by atoms with van der Waals surface area (Å²) in [5.74, 6) is 0.485. The van der Waals surface area contributed by atoms with E-state index in [9.17, 15) is 4.79 Å². The number of ether oxygens (including phenoxy) is 1. The molecule has 1 heterocycles. The van der Waals surface area contributed by atoms with Crippen LogP contribution < -0.4 is 10.5 Å². The number of nitrogens with two attached hydrogens (primary N) is 1. The van der Waals surface area contributed by atoms with Crippen molar-refractivity contribution in [1.82, 2.24) is 4.98 Å². The molecule has 0 aliphatic carbocycles. The van der Waals surface area contributed by atoms with Crippen LogP contribution in [-0.4, -0.2) is 17.4 Å². The van der Waals surface area contributed by atoms with Crippen molar-refractivity contribution in [2.24, 2.45) is 5.73 Å². The maximum atomic E-state index is 12.4. The lowest BCUT2D eigenvalue weighted by molar-refractivity contribution is 0.103. The van der Waals surface area contributed by atoms with E-state index in [0.717, 1.165) is 11.4 Å². The standard InChI is InChI=1S/C14H16N2O2S/c1-2-7-18-12-6-4-3-5-10(12)14(17)11-9-19-13(8-15)16-11/h3-6,9H,2,7-8,15H2,1H3. The molecule has 0 atom stereocenters. The number of carbonyl (C=O) groups excluding carboxylic acids is 1. The van der Waals surface area contributed by atoms with Gasteiger partial charge in [-0.2, -0.15) is 0 Å². The summed E-state index contributed by atoms with van der Waals surface area (Å²) in [6, 6.07) is 7.24. The molecule has 0 amide bonds. The Labute approximate surface area is 116 Å². The molecule has 0 fully saturated rings. The molecule has 19 heavy (non-hydrogen) atoms. The Morgan fingerprint density at radius 3 is 2.89 bits per heavy atom. The molecule has 2 N–H and O–H groups in total. The summed E-state index contributed by atoms with van der Waals surface area (Å²) >= 11 is 1.40. The number of hydrogen-bond donors (Lipinski definition) is 1. The van der Waals surface area contributed by atoms with E-state index in [1.165, 1.54) is 11.3 Å². The maximum absolute atomic E-state index is 12.4. The smallest absolute Gasteiger partial charge is 0.215 e. The van der Waals surface area contributed by atoms with Gasteiger partial charge in [-0.3, -0.25) is 4.79 Å². The first-order chi connectivity index (χ1) is 9.26. The van der Waals surface area contributed by atoms with Crippen molar-refractivity contribution in [3.05, 3.63) is 45.9 Å². The average molecular weight is 276 g/mol. The molecule has 1 aromatic heterocycles. The Kier molecular flexibility index (Phi) is 4.65. The van der Waals surface area contributed by atoms with Crippen molar-refractivity contribution in [3.63, 3.8) is 0 Å². The third-order valence-electron chi connectivity index (χ3n) is 2.55. The molecule has 0 unspecified atom stereocenters. The fourth-order valence-electron chi connectivity index (χ4n) is 1.64. The SMILES string of the molecule is CCCOc1ccccc1C(=O)c1csc(CN)n1. The highest BCUT2D eigenvalue weighted by Gasteiger charge is 2.17. The van der Waals surface area contributed by atoms with Gasteiger partial charge in [0.05, 0.1) is 12.2 Å². The molecule has 5 heteroatoms. The minimum Gasteiger partial charge on any atom is -0.493 e. The largest absolute Gasteiger partial charge is 0.493 e. The number of rotatable bonds is 6. The molecule has 0 bridgehead atoms. The normalized spacial score (nSPS) is 10.4. The van der Waals surface area contributed by atoms with Gasteiger partial charge in [-0.15, -0.1) is 11.3 Å². The predicted molar refractivity (Wildman–Crippen MR) is 75.7 cm³/mol. The summed E-state index contributed by atoms with van der Waals surface area (Å²) in [6.07, 6.45) is 0.899. The Bertz CT molecular complexity index is 566. The monoisotopic (exact) mass is 276 g/mol. The molecule has 0 saturated heterocycles. The van der Waals surface area contributed by atoms with E-state index < -0.39 is 0 Å². The van der Waals surface area contributed by atoms with Crippen LogP contribution in [0.1, 0.15) is 34.4 Å². The second-order valence-corrected chi connectivity index (χ2v) is 4.95. The third kappa shape index (κ3) is 3.19. The second-order valence-electron chi connectivity index (χ2n) is 4.00. The van der Waals surface area contributed by atoms with Gasteiger partial charge in [0.15, 0.2) is 0 Å². The highest BCUT2D eigenvalue weighted by Crippen LogP contribution is 2.22. The van der Waals surface area contributed by atoms with Crippen LogP contribution >= 0.6 is 11.3 Å². The van der Waals surface area contributed by atoms with E-state index in [1.54, 1.807) is 17.5 Å². The number of hydrogen-bond acceptors (Lipinski definition) is 5. The fraction of sp³-hybridized carbons (Fsp3) is 0.286. The van der Waals surface area contributed by atoms with Crippen LogP contribution in [-0.2, 0) is 6.54 Å². The molecule has 4 nitrogen and oxygen atoms in total. The summed E-state index contributed by atoms with van der Waals surface area (Å²) in [7, 11) is 0. The van der Waals surface area contributed by atoms with Gasteiger partial charge in [-0.05, 0) is 18.6 Å². The first-order valence-corrected chi connectivity index (χ1v) is 7.05. The van der Waals surface area contributed by atoms with E-state index in [0.29, 0.717) is 30.2 Å². The van der Waals surface area contributed by atoms with E-state index in [2.05, 4.69) is 4.98 Å². The Morgan fingerprint density at radius 2 is 2.21 bits per heavy atom. The van der Waals surface area contributed by atoms with Crippen LogP contribution in [0.15, 0.2) is 29.6 Å². The Balaban J connectivity index is 2.27. The zero-order chi connectivity index (χ0) is 13.7. The topological polar surface area (TPSA) is 65.2 Å². The lowest BCUT2D eigenvalue weighted by Crippen LogP contribution is -2.07. The Morgan fingerprint density at radius 1 is 1.42 bits per heavy atom. The molecule has 0 aliphatic heterocycles. The minimum absolute atomic E-state index is 0.123. The van der Waals surface area contributed by atoms with Gasteiger partial charge >= 0.3 is 0 Å². The van der Waals surface area contributed by atoms with Crippen molar-refractivity contribution in [1.29, 1.82) is 0 Å². The third-order valence-corrected chi connectivity index (χ3v) is 3.42. The maximum Gasteiger partial charge on any atom is 0.215 e. The zero-order valence-electron chi connectivity index (χ0n) is 10.8. The number of aromatic nitrogens is 1. The highest BCUT2D eigenvalue weighted by molar-refractivity contribution is 7.09. The van der Waals surface area contributed by atoms with Crippen LogP contribution in [0.25, 0.3) is 0 Å². The van der Waals surface area contributed by atoms with Crippen molar-refractivity contribution in [2.75, 3.05) is 6.61 Å². The summed E-state index contributed by atoms with van der Waals surface area (Å²) in [5, 5.41) is 2.50. The van der Waals surface area contributed by atoms with Crippen molar-refractivity contribution >= 4 is 17.1 Å². The molecule has 2 aromatic rings. The van der Waals surface area contributed by atoms with Gasteiger partial charge in [0.25, 0.3) is 0 Å². The lowest BCUT2D eigenvalue weighted by atomic mass is 10.1. The first kappa shape index (κ1) is 13.7. The number of nitrogens with zero attached hydrogens (tertiary/aromatic N) is 1. The summed E-state index contributed by atoms with van der Waals surface area (Å²) in [4.78, 5) is 16.6. The minimum atomic E-state index is -0.123. The van der Waals surface area contributed by atoms with E-state index in [1.807, 2.05) is 19.1 Å². The van der Waals surface area contributed by atoms with Gasteiger partial charge in [0.2, 0.25) is 5.78 Å².